The number of rotatable bonds is 3. The molecule has 3 aromatic rings. The highest BCUT2D eigenvalue weighted by Crippen LogP contribution is 2.31. The second-order valence-corrected chi connectivity index (χ2v) is 6.91. The summed E-state index contributed by atoms with van der Waals surface area (Å²) in [6, 6.07) is 7.11. The lowest BCUT2D eigenvalue weighted by Crippen LogP contribution is -2.28. The zero-order chi connectivity index (χ0) is 17.4. The molecule has 1 aliphatic heterocycles. The van der Waals surface area contributed by atoms with Crippen molar-refractivity contribution in [2.24, 2.45) is 0 Å². The van der Waals surface area contributed by atoms with Crippen LogP contribution in [0.1, 0.15) is 17.5 Å². The van der Waals surface area contributed by atoms with Gasteiger partial charge in [0.05, 0.1) is 10.0 Å². The Morgan fingerprint density at radius 2 is 2.08 bits per heavy atom. The third-order valence-corrected chi connectivity index (χ3v) is 5.50. The minimum absolute atomic E-state index is 0.00120. The molecule has 1 N–H and O–H groups in total. The number of fused-ring (bicyclic) bond motifs is 1. The van der Waals surface area contributed by atoms with E-state index >= 15 is 0 Å². The molecule has 0 saturated carbocycles. The fourth-order valence-electron chi connectivity index (χ4n) is 3.25. The van der Waals surface area contributed by atoms with Crippen molar-refractivity contribution < 1.29 is 4.39 Å². The number of halogens is 3. The van der Waals surface area contributed by atoms with E-state index in [9.17, 15) is 4.39 Å². The second-order valence-electron chi connectivity index (χ2n) is 6.15. The summed E-state index contributed by atoms with van der Waals surface area (Å²) in [5.74, 6) is -0.482. The summed E-state index contributed by atoms with van der Waals surface area (Å²) in [5, 5.41) is 1.45. The first-order valence-corrected chi connectivity index (χ1v) is 8.85. The van der Waals surface area contributed by atoms with Crippen LogP contribution in [0.5, 0.6) is 0 Å². The Balaban J connectivity index is 1.52. The van der Waals surface area contributed by atoms with Gasteiger partial charge in [-0.1, -0.05) is 35.3 Å². The Kier molecular flexibility index (Phi) is 4.50. The van der Waals surface area contributed by atoms with Gasteiger partial charge in [0.25, 0.3) is 0 Å². The lowest BCUT2D eigenvalue weighted by molar-refractivity contribution is 0.294. The molecule has 25 heavy (non-hydrogen) atoms. The molecule has 4 rings (SSSR count). The lowest BCUT2D eigenvalue weighted by atomic mass is 9.99. The van der Waals surface area contributed by atoms with E-state index in [1.54, 1.807) is 12.3 Å². The third-order valence-electron chi connectivity index (χ3n) is 4.60. The molecule has 0 unspecified atom stereocenters. The van der Waals surface area contributed by atoms with Crippen molar-refractivity contribution in [2.45, 2.75) is 13.0 Å². The maximum Gasteiger partial charge on any atom is 0.143 e. The summed E-state index contributed by atoms with van der Waals surface area (Å²) in [6.07, 6.45) is 6.99. The van der Waals surface area contributed by atoms with Gasteiger partial charge in [0, 0.05) is 43.0 Å². The molecule has 1 aromatic carbocycles. The molecular weight excluding hydrogens is 360 g/mol. The topological polar surface area (TPSA) is 31.9 Å². The summed E-state index contributed by atoms with van der Waals surface area (Å²) >= 11 is 12.1. The highest BCUT2D eigenvalue weighted by Gasteiger charge is 2.18. The highest BCUT2D eigenvalue weighted by molar-refractivity contribution is 6.42. The average Bonchev–Trinajstić information content (AvgIpc) is 3.07. The summed E-state index contributed by atoms with van der Waals surface area (Å²) in [7, 11) is 0. The Morgan fingerprint density at radius 3 is 2.88 bits per heavy atom. The molecule has 0 atom stereocenters. The maximum absolute atomic E-state index is 13.4. The molecule has 0 fully saturated rings. The van der Waals surface area contributed by atoms with Gasteiger partial charge in [0.15, 0.2) is 0 Å². The Morgan fingerprint density at radius 1 is 1.20 bits per heavy atom. The quantitative estimate of drug-likeness (QED) is 0.630. The molecule has 0 spiro atoms. The van der Waals surface area contributed by atoms with Crippen LogP contribution in [0.3, 0.4) is 0 Å². The zero-order valence-electron chi connectivity index (χ0n) is 13.4. The van der Waals surface area contributed by atoms with Crippen LogP contribution in [-0.2, 0) is 6.54 Å². The van der Waals surface area contributed by atoms with Crippen LogP contribution in [0.2, 0.25) is 10.0 Å². The molecule has 128 valence electrons. The third kappa shape index (κ3) is 3.17. The van der Waals surface area contributed by atoms with Crippen LogP contribution in [0.15, 0.2) is 42.7 Å². The number of aromatic nitrogens is 2. The summed E-state index contributed by atoms with van der Waals surface area (Å²) in [6.45, 7) is 2.37. The van der Waals surface area contributed by atoms with Crippen LogP contribution in [0.25, 0.3) is 16.6 Å². The molecule has 0 amide bonds. The number of benzene rings is 1. The standard InChI is InChI=1S/C19H16Cl2FN3/c20-17-13(3-4-16(22)18(17)21)11-25-8-5-12(6-9-25)15-10-24-19-14(15)2-1-7-23-19/h1-5,7,10H,6,8-9,11H2,(H,23,24). The predicted molar refractivity (Wildman–Crippen MR) is 100 cm³/mol. The van der Waals surface area contributed by atoms with Crippen molar-refractivity contribution in [2.75, 3.05) is 13.1 Å². The molecule has 0 aliphatic carbocycles. The van der Waals surface area contributed by atoms with Crippen molar-refractivity contribution in [1.82, 2.24) is 14.9 Å². The SMILES string of the molecule is Fc1ccc(CN2CC=C(c3c[nH]c4ncccc34)CC2)c(Cl)c1Cl. The molecule has 0 bridgehead atoms. The fraction of sp³-hybridized carbons (Fsp3) is 0.211. The molecular formula is C19H16Cl2FN3. The normalized spacial score (nSPS) is 15.6. The molecule has 0 saturated heterocycles. The van der Waals surface area contributed by atoms with E-state index in [-0.39, 0.29) is 5.02 Å². The van der Waals surface area contributed by atoms with Crippen molar-refractivity contribution in [3.63, 3.8) is 0 Å². The lowest BCUT2D eigenvalue weighted by Gasteiger charge is -2.26. The molecule has 3 nitrogen and oxygen atoms in total. The van der Waals surface area contributed by atoms with E-state index in [4.69, 9.17) is 23.2 Å². The number of pyridine rings is 1. The minimum Gasteiger partial charge on any atom is -0.346 e. The minimum atomic E-state index is -0.482. The summed E-state index contributed by atoms with van der Waals surface area (Å²) in [4.78, 5) is 9.83. The van der Waals surface area contributed by atoms with Crippen LogP contribution in [0.4, 0.5) is 4.39 Å². The first-order valence-electron chi connectivity index (χ1n) is 8.09. The Hall–Kier alpha value is -1.88. The molecule has 1 aliphatic rings. The molecule has 3 heterocycles. The molecule has 0 radical (unpaired) electrons. The van der Waals surface area contributed by atoms with E-state index in [0.717, 1.165) is 36.1 Å². The van der Waals surface area contributed by atoms with Gasteiger partial charge in [0.1, 0.15) is 11.5 Å². The predicted octanol–water partition coefficient (Wildman–Crippen LogP) is 5.30. The number of H-pyrrole nitrogens is 1. The molecule has 2 aromatic heterocycles. The molecule has 6 heteroatoms. The second kappa shape index (κ2) is 6.79. The smallest absolute Gasteiger partial charge is 0.143 e. The first-order chi connectivity index (χ1) is 12.1. The Labute approximate surface area is 155 Å². The number of hydrogen-bond donors (Lipinski definition) is 1. The van der Waals surface area contributed by atoms with Gasteiger partial charge in [-0.3, -0.25) is 4.90 Å². The van der Waals surface area contributed by atoms with Gasteiger partial charge in [-0.25, -0.2) is 9.37 Å². The van der Waals surface area contributed by atoms with Gasteiger partial charge < -0.3 is 4.98 Å². The van der Waals surface area contributed by atoms with Crippen molar-refractivity contribution in [3.8, 4) is 0 Å². The summed E-state index contributed by atoms with van der Waals surface area (Å²) < 4.78 is 13.4. The van der Waals surface area contributed by atoms with Crippen LogP contribution < -0.4 is 0 Å². The van der Waals surface area contributed by atoms with Gasteiger partial charge in [-0.05, 0) is 35.8 Å². The van der Waals surface area contributed by atoms with Crippen molar-refractivity contribution >= 4 is 39.8 Å². The fourth-order valence-corrected chi connectivity index (χ4v) is 3.65. The number of hydrogen-bond acceptors (Lipinski definition) is 2. The van der Waals surface area contributed by atoms with E-state index in [1.807, 2.05) is 12.3 Å². The van der Waals surface area contributed by atoms with Gasteiger partial charge >= 0.3 is 0 Å². The van der Waals surface area contributed by atoms with E-state index in [0.29, 0.717) is 11.6 Å². The highest BCUT2D eigenvalue weighted by atomic mass is 35.5. The van der Waals surface area contributed by atoms with Crippen molar-refractivity contribution in [3.05, 3.63) is 69.7 Å². The monoisotopic (exact) mass is 375 g/mol. The first kappa shape index (κ1) is 16.6. The maximum atomic E-state index is 13.4. The van der Waals surface area contributed by atoms with Gasteiger partial charge in [-0.2, -0.15) is 0 Å². The summed E-state index contributed by atoms with van der Waals surface area (Å²) in [5.41, 5.74) is 4.29. The number of nitrogens with one attached hydrogen (secondary N) is 1. The van der Waals surface area contributed by atoms with Crippen molar-refractivity contribution in [1.29, 1.82) is 0 Å². The van der Waals surface area contributed by atoms with E-state index in [1.165, 1.54) is 17.2 Å². The van der Waals surface area contributed by atoms with Crippen LogP contribution in [0, 0.1) is 5.82 Å². The number of nitrogens with zero attached hydrogens (tertiary/aromatic N) is 2. The van der Waals surface area contributed by atoms with Gasteiger partial charge in [0.2, 0.25) is 0 Å². The van der Waals surface area contributed by atoms with Gasteiger partial charge in [-0.15, -0.1) is 0 Å². The Bertz CT molecular complexity index is 964. The van der Waals surface area contributed by atoms with E-state index in [2.05, 4.69) is 27.0 Å². The number of aromatic amines is 1. The van der Waals surface area contributed by atoms with E-state index < -0.39 is 5.82 Å². The van der Waals surface area contributed by atoms with Crippen LogP contribution >= 0.6 is 23.2 Å². The average molecular weight is 376 g/mol. The van der Waals surface area contributed by atoms with Crippen LogP contribution in [-0.4, -0.2) is 28.0 Å². The zero-order valence-corrected chi connectivity index (χ0v) is 14.9. The largest absolute Gasteiger partial charge is 0.346 e.